The molecular formula is C30H34N2O6S2. The Bertz CT molecular complexity index is 1540. The van der Waals surface area contributed by atoms with Gasteiger partial charge in [-0.15, -0.1) is 11.3 Å². The molecule has 0 aliphatic heterocycles. The van der Waals surface area contributed by atoms with Crippen LogP contribution in [0.1, 0.15) is 18.9 Å². The van der Waals surface area contributed by atoms with Crippen LogP contribution in [0.3, 0.4) is 0 Å². The normalized spacial score (nSPS) is 11.4. The van der Waals surface area contributed by atoms with Crippen LogP contribution in [0.2, 0.25) is 0 Å². The molecule has 0 atom stereocenters. The molecule has 1 aromatic heterocycles. The van der Waals surface area contributed by atoms with Crippen molar-refractivity contribution in [2.75, 3.05) is 48.8 Å². The van der Waals surface area contributed by atoms with Crippen molar-refractivity contribution in [3.05, 3.63) is 78.4 Å². The molecule has 212 valence electrons. The number of aliphatic hydroxyl groups excluding tert-OH is 1. The van der Waals surface area contributed by atoms with Crippen molar-refractivity contribution in [3.63, 3.8) is 0 Å². The zero-order chi connectivity index (χ0) is 28.5. The van der Waals surface area contributed by atoms with E-state index >= 15 is 0 Å². The molecule has 4 rings (SSSR count). The van der Waals surface area contributed by atoms with Crippen LogP contribution in [0.15, 0.2) is 72.8 Å². The lowest BCUT2D eigenvalue weighted by atomic mass is 10.0. The van der Waals surface area contributed by atoms with Crippen molar-refractivity contribution in [3.8, 4) is 16.2 Å². The summed E-state index contributed by atoms with van der Waals surface area (Å²) < 4.78 is 38.5. The van der Waals surface area contributed by atoms with E-state index in [-0.39, 0.29) is 12.6 Å². The highest BCUT2D eigenvalue weighted by Gasteiger charge is 2.17. The maximum absolute atomic E-state index is 12.1. The number of rotatable bonds is 14. The number of nitrogens with one attached hydrogen (secondary N) is 1. The van der Waals surface area contributed by atoms with Crippen LogP contribution in [0.4, 0.5) is 11.4 Å². The molecule has 40 heavy (non-hydrogen) atoms. The second-order valence-corrected chi connectivity index (χ2v) is 12.0. The highest BCUT2D eigenvalue weighted by atomic mass is 32.2. The Labute approximate surface area is 239 Å². The first-order chi connectivity index (χ1) is 19.3. The van der Waals surface area contributed by atoms with E-state index in [2.05, 4.69) is 16.9 Å². The largest absolute Gasteiger partial charge is 0.492 e. The Hall–Kier alpha value is -3.60. The average Bonchev–Trinajstić information content (AvgIpc) is 3.29. The Morgan fingerprint density at radius 2 is 1.77 bits per heavy atom. The molecule has 0 amide bonds. The number of aryl methyl sites for hydroxylation is 1. The second-order valence-electron chi connectivity index (χ2n) is 9.19. The quantitative estimate of drug-likeness (QED) is 0.194. The zero-order valence-corrected chi connectivity index (χ0v) is 24.3. The van der Waals surface area contributed by atoms with Crippen LogP contribution in [0.5, 0.6) is 5.75 Å². The number of carbonyl (C=O) groups excluding carboxylic acids is 1. The van der Waals surface area contributed by atoms with Gasteiger partial charge in [-0.3, -0.25) is 9.52 Å². The van der Waals surface area contributed by atoms with E-state index in [1.807, 2.05) is 60.4 Å². The Morgan fingerprint density at radius 1 is 1.02 bits per heavy atom. The number of fused-ring (bicyclic) bond motifs is 1. The van der Waals surface area contributed by atoms with E-state index in [1.54, 1.807) is 23.5 Å². The van der Waals surface area contributed by atoms with E-state index in [0.29, 0.717) is 56.3 Å². The minimum Gasteiger partial charge on any atom is -0.492 e. The standard InChI is InChI=1S/C30H34N2O6S2/c1-3-37-29(34)16-15-25-24-14-13-23(21-28(24)39-30(25)22-9-5-4-6-10-22)38-20-18-32(17-19-33)27-12-8-7-11-26(27)31-40(2,35)36/h4-14,21,31,33H,3,15-20H2,1-2H3. The van der Waals surface area contributed by atoms with Crippen molar-refractivity contribution in [1.29, 1.82) is 0 Å². The summed E-state index contributed by atoms with van der Waals surface area (Å²) in [4.78, 5) is 15.1. The molecule has 0 saturated carbocycles. The number of hydrogen-bond donors (Lipinski definition) is 2. The number of aliphatic hydroxyl groups is 1. The predicted octanol–water partition coefficient (Wildman–Crippen LogP) is 5.31. The van der Waals surface area contributed by atoms with Crippen LogP contribution in [0.25, 0.3) is 20.5 Å². The van der Waals surface area contributed by atoms with Crippen molar-refractivity contribution in [2.24, 2.45) is 0 Å². The molecule has 0 bridgehead atoms. The molecule has 3 aromatic carbocycles. The van der Waals surface area contributed by atoms with Gasteiger partial charge in [0, 0.05) is 22.5 Å². The van der Waals surface area contributed by atoms with Crippen LogP contribution >= 0.6 is 11.3 Å². The number of nitrogens with zero attached hydrogens (tertiary/aromatic N) is 1. The molecule has 0 unspecified atom stereocenters. The summed E-state index contributed by atoms with van der Waals surface area (Å²) >= 11 is 1.67. The molecule has 2 N–H and O–H groups in total. The van der Waals surface area contributed by atoms with Gasteiger partial charge in [-0.05, 0) is 60.2 Å². The Morgan fingerprint density at radius 3 is 2.50 bits per heavy atom. The summed E-state index contributed by atoms with van der Waals surface area (Å²) in [5.41, 5.74) is 3.33. The highest BCUT2D eigenvalue weighted by Crippen LogP contribution is 2.40. The molecule has 0 fully saturated rings. The third-order valence-corrected chi connectivity index (χ3v) is 8.06. The molecule has 0 aliphatic rings. The summed E-state index contributed by atoms with van der Waals surface area (Å²) in [6.45, 7) is 3.16. The van der Waals surface area contributed by atoms with Crippen LogP contribution in [-0.2, 0) is 26.0 Å². The monoisotopic (exact) mass is 582 g/mol. The molecule has 0 aliphatic carbocycles. The van der Waals surface area contributed by atoms with Crippen molar-refractivity contribution in [2.45, 2.75) is 19.8 Å². The predicted molar refractivity (Wildman–Crippen MR) is 162 cm³/mol. The van der Waals surface area contributed by atoms with Gasteiger partial charge in [0.1, 0.15) is 12.4 Å². The second kappa shape index (κ2) is 13.6. The molecule has 0 saturated heterocycles. The first-order valence-electron chi connectivity index (χ1n) is 13.1. The van der Waals surface area contributed by atoms with E-state index in [0.717, 1.165) is 32.3 Å². The third-order valence-electron chi connectivity index (χ3n) is 6.22. The Kier molecular flexibility index (Phi) is 10.0. The number of thiophene rings is 1. The molecular weight excluding hydrogens is 548 g/mol. The van der Waals surface area contributed by atoms with Gasteiger partial charge in [-0.2, -0.15) is 0 Å². The number of sulfonamides is 1. The van der Waals surface area contributed by atoms with Gasteiger partial charge in [-0.1, -0.05) is 42.5 Å². The van der Waals surface area contributed by atoms with Crippen LogP contribution < -0.4 is 14.4 Å². The number of ether oxygens (including phenoxy) is 2. The number of esters is 1. The molecule has 0 radical (unpaired) electrons. The number of para-hydroxylation sites is 2. The zero-order valence-electron chi connectivity index (χ0n) is 22.6. The van der Waals surface area contributed by atoms with Gasteiger partial charge in [0.15, 0.2) is 0 Å². The molecule has 0 spiro atoms. The molecule has 1 heterocycles. The van der Waals surface area contributed by atoms with Gasteiger partial charge in [0.2, 0.25) is 10.0 Å². The maximum Gasteiger partial charge on any atom is 0.306 e. The molecule has 10 heteroatoms. The smallest absolute Gasteiger partial charge is 0.306 e. The lowest BCUT2D eigenvalue weighted by molar-refractivity contribution is -0.143. The van der Waals surface area contributed by atoms with E-state index in [4.69, 9.17) is 9.47 Å². The van der Waals surface area contributed by atoms with Crippen LogP contribution in [-0.4, -0.2) is 58.7 Å². The molecule has 4 aromatic rings. The minimum atomic E-state index is -3.46. The first kappa shape index (κ1) is 29.4. The van der Waals surface area contributed by atoms with E-state index in [1.165, 1.54) is 0 Å². The summed E-state index contributed by atoms with van der Waals surface area (Å²) in [6, 6.07) is 23.2. The lowest BCUT2D eigenvalue weighted by Crippen LogP contribution is -2.32. The van der Waals surface area contributed by atoms with Crippen molar-refractivity contribution in [1.82, 2.24) is 0 Å². The third kappa shape index (κ3) is 7.74. The fourth-order valence-corrected chi connectivity index (χ4v) is 6.39. The number of carbonyl (C=O) groups is 1. The Balaban J connectivity index is 1.53. The number of hydrogen-bond acceptors (Lipinski definition) is 8. The van der Waals surface area contributed by atoms with Gasteiger partial charge >= 0.3 is 5.97 Å². The topological polar surface area (TPSA) is 105 Å². The van der Waals surface area contributed by atoms with Gasteiger partial charge in [0.05, 0.1) is 37.4 Å². The minimum absolute atomic E-state index is 0.0921. The fourth-order valence-electron chi connectivity index (χ4n) is 4.53. The van der Waals surface area contributed by atoms with Crippen LogP contribution in [0, 0.1) is 0 Å². The summed E-state index contributed by atoms with van der Waals surface area (Å²) in [7, 11) is -3.46. The fraction of sp³-hybridized carbons (Fsp3) is 0.300. The van der Waals surface area contributed by atoms with Gasteiger partial charge in [0.25, 0.3) is 0 Å². The molecule has 8 nitrogen and oxygen atoms in total. The van der Waals surface area contributed by atoms with Crippen molar-refractivity contribution < 1.29 is 27.8 Å². The average molecular weight is 583 g/mol. The van der Waals surface area contributed by atoms with E-state index in [9.17, 15) is 18.3 Å². The lowest BCUT2D eigenvalue weighted by Gasteiger charge is -2.26. The summed E-state index contributed by atoms with van der Waals surface area (Å²) in [5.74, 6) is 0.498. The van der Waals surface area contributed by atoms with Gasteiger partial charge in [-0.25, -0.2) is 8.42 Å². The SMILES string of the molecule is CCOC(=O)CCc1c(-c2ccccc2)sc2cc(OCCN(CCO)c3ccccc3NS(C)(=O)=O)ccc12. The summed E-state index contributed by atoms with van der Waals surface area (Å²) in [5, 5.41) is 10.7. The number of anilines is 2. The number of benzene rings is 3. The summed E-state index contributed by atoms with van der Waals surface area (Å²) in [6.07, 6.45) is 2.00. The maximum atomic E-state index is 12.1. The van der Waals surface area contributed by atoms with Gasteiger partial charge < -0.3 is 19.5 Å². The van der Waals surface area contributed by atoms with Crippen molar-refractivity contribution >= 4 is 48.8 Å². The first-order valence-corrected chi connectivity index (χ1v) is 15.8. The van der Waals surface area contributed by atoms with E-state index < -0.39 is 10.0 Å². The highest BCUT2D eigenvalue weighted by molar-refractivity contribution is 7.92.